The van der Waals surface area contributed by atoms with E-state index in [-0.39, 0.29) is 5.82 Å². The first-order valence-electron chi connectivity index (χ1n) is 4.98. The van der Waals surface area contributed by atoms with Gasteiger partial charge in [-0.05, 0) is 24.3 Å². The highest BCUT2D eigenvalue weighted by Crippen LogP contribution is 2.19. The third kappa shape index (κ3) is 2.84. The summed E-state index contributed by atoms with van der Waals surface area (Å²) in [6, 6.07) is 4.80. The molecule has 2 aromatic rings. The second-order valence-electron chi connectivity index (χ2n) is 3.52. The lowest BCUT2D eigenvalue weighted by Crippen LogP contribution is -2.16. The van der Waals surface area contributed by atoms with Crippen LogP contribution in [0.25, 0.3) is 0 Å². The molecule has 0 fully saturated rings. The Bertz CT molecular complexity index is 702. The van der Waals surface area contributed by atoms with Crippen molar-refractivity contribution in [3.05, 3.63) is 54.0 Å². The zero-order valence-corrected chi connectivity index (χ0v) is 10.1. The van der Waals surface area contributed by atoms with E-state index in [1.165, 1.54) is 0 Å². The second kappa shape index (κ2) is 4.88. The van der Waals surface area contributed by atoms with E-state index < -0.39 is 32.4 Å². The Morgan fingerprint density at radius 2 is 1.79 bits per heavy atom. The second-order valence-corrected chi connectivity index (χ2v) is 5.17. The molecule has 1 aromatic heterocycles. The Kier molecular flexibility index (Phi) is 3.43. The zero-order chi connectivity index (χ0) is 14.0. The summed E-state index contributed by atoms with van der Waals surface area (Å²) < 4.78 is 64.5. The molecule has 0 aliphatic rings. The summed E-state index contributed by atoms with van der Waals surface area (Å²) in [7, 11) is -4.33. The molecule has 0 unspecified atom stereocenters. The van der Waals surface area contributed by atoms with E-state index in [9.17, 15) is 21.6 Å². The van der Waals surface area contributed by atoms with Gasteiger partial charge in [-0.25, -0.2) is 26.6 Å². The minimum absolute atomic E-state index is 0.204. The number of nitrogens with zero attached hydrogens (tertiary/aromatic N) is 1. The number of pyridine rings is 1. The van der Waals surface area contributed by atoms with Gasteiger partial charge in [-0.15, -0.1) is 0 Å². The number of halogens is 3. The quantitative estimate of drug-likeness (QED) is 0.942. The number of nitrogens with one attached hydrogen (secondary N) is 1. The summed E-state index contributed by atoms with van der Waals surface area (Å²) in [5, 5.41) is 0. The van der Waals surface area contributed by atoms with Gasteiger partial charge in [0.1, 0.15) is 16.5 Å². The fourth-order valence-corrected chi connectivity index (χ4v) is 2.42. The summed E-state index contributed by atoms with van der Waals surface area (Å²) in [5.41, 5.74) is 0. The molecule has 1 aromatic carbocycles. The number of hydrogen-bond acceptors (Lipinski definition) is 3. The Labute approximate surface area is 107 Å². The molecule has 0 aliphatic heterocycles. The third-order valence-electron chi connectivity index (χ3n) is 2.17. The van der Waals surface area contributed by atoms with Crippen molar-refractivity contribution in [3.63, 3.8) is 0 Å². The van der Waals surface area contributed by atoms with Crippen LogP contribution in [0, 0.1) is 17.5 Å². The molecule has 4 nitrogen and oxygen atoms in total. The van der Waals surface area contributed by atoms with Crippen molar-refractivity contribution in [3.8, 4) is 0 Å². The van der Waals surface area contributed by atoms with Crippen molar-refractivity contribution in [2.24, 2.45) is 0 Å². The average Bonchev–Trinajstić information content (AvgIpc) is 2.35. The molecular weight excluding hydrogens is 281 g/mol. The van der Waals surface area contributed by atoms with E-state index >= 15 is 0 Å². The number of hydrogen-bond donors (Lipinski definition) is 1. The largest absolute Gasteiger partial charge is 0.266 e. The van der Waals surface area contributed by atoms with Crippen LogP contribution in [0.2, 0.25) is 0 Å². The molecule has 0 amide bonds. The van der Waals surface area contributed by atoms with Crippen molar-refractivity contribution < 1.29 is 21.6 Å². The SMILES string of the molecule is O=S(=O)(Nc1ccc(F)cn1)c1cccc(F)c1F. The molecule has 19 heavy (non-hydrogen) atoms. The Balaban J connectivity index is 2.38. The smallest absolute Gasteiger partial charge is 0.263 e. The highest BCUT2D eigenvalue weighted by Gasteiger charge is 2.21. The molecule has 8 heteroatoms. The fraction of sp³-hybridized carbons (Fsp3) is 0. The van der Waals surface area contributed by atoms with Crippen molar-refractivity contribution in [2.75, 3.05) is 4.72 Å². The highest BCUT2D eigenvalue weighted by atomic mass is 32.2. The molecular formula is C11H7F3N2O2S. The van der Waals surface area contributed by atoms with Crippen LogP contribution in [-0.2, 0) is 10.0 Å². The van der Waals surface area contributed by atoms with Crippen LogP contribution in [0.5, 0.6) is 0 Å². The van der Waals surface area contributed by atoms with Gasteiger partial charge in [0.15, 0.2) is 11.6 Å². The minimum atomic E-state index is -4.33. The topological polar surface area (TPSA) is 59.1 Å². The van der Waals surface area contributed by atoms with E-state index in [1.54, 1.807) is 0 Å². The monoisotopic (exact) mass is 288 g/mol. The van der Waals surface area contributed by atoms with Crippen LogP contribution in [0.1, 0.15) is 0 Å². The summed E-state index contributed by atoms with van der Waals surface area (Å²) in [6.07, 6.45) is 0.791. The lowest BCUT2D eigenvalue weighted by atomic mass is 10.3. The summed E-state index contributed by atoms with van der Waals surface area (Å²) in [6.45, 7) is 0. The van der Waals surface area contributed by atoms with Gasteiger partial charge in [0.2, 0.25) is 0 Å². The first kappa shape index (κ1) is 13.3. The lowest BCUT2D eigenvalue weighted by molar-refractivity contribution is 0.485. The van der Waals surface area contributed by atoms with Gasteiger partial charge in [-0.2, -0.15) is 0 Å². The van der Waals surface area contributed by atoms with E-state index in [4.69, 9.17) is 0 Å². The predicted octanol–water partition coefficient (Wildman–Crippen LogP) is 2.30. The first-order chi connectivity index (χ1) is 8.90. The molecule has 0 atom stereocenters. The van der Waals surface area contributed by atoms with Crippen LogP contribution in [-0.4, -0.2) is 13.4 Å². The van der Waals surface area contributed by atoms with Crippen LogP contribution >= 0.6 is 0 Å². The van der Waals surface area contributed by atoms with E-state index in [1.807, 2.05) is 4.72 Å². The molecule has 1 N–H and O–H groups in total. The van der Waals surface area contributed by atoms with E-state index in [0.29, 0.717) is 0 Å². The van der Waals surface area contributed by atoms with Gasteiger partial charge < -0.3 is 0 Å². The molecule has 0 aliphatic carbocycles. The number of sulfonamides is 1. The highest BCUT2D eigenvalue weighted by molar-refractivity contribution is 7.92. The van der Waals surface area contributed by atoms with Crippen LogP contribution in [0.15, 0.2) is 41.4 Å². The van der Waals surface area contributed by atoms with Crippen LogP contribution in [0.4, 0.5) is 19.0 Å². The average molecular weight is 288 g/mol. The summed E-state index contributed by atoms with van der Waals surface area (Å²) in [4.78, 5) is 2.61. The molecule has 1 heterocycles. The van der Waals surface area contributed by atoms with Gasteiger partial charge in [-0.3, -0.25) is 4.72 Å². The summed E-state index contributed by atoms with van der Waals surface area (Å²) in [5.74, 6) is -3.63. The number of aromatic nitrogens is 1. The van der Waals surface area contributed by atoms with E-state index in [0.717, 1.165) is 36.5 Å². The fourth-order valence-electron chi connectivity index (χ4n) is 1.32. The van der Waals surface area contributed by atoms with E-state index in [2.05, 4.69) is 4.98 Å². The molecule has 0 saturated heterocycles. The summed E-state index contributed by atoms with van der Waals surface area (Å²) >= 11 is 0. The number of anilines is 1. The Morgan fingerprint density at radius 3 is 2.42 bits per heavy atom. The Morgan fingerprint density at radius 1 is 1.05 bits per heavy atom. The van der Waals surface area contributed by atoms with Crippen molar-refractivity contribution in [1.82, 2.24) is 4.98 Å². The Hall–Kier alpha value is -2.09. The van der Waals surface area contributed by atoms with Crippen molar-refractivity contribution in [2.45, 2.75) is 4.90 Å². The minimum Gasteiger partial charge on any atom is -0.263 e. The third-order valence-corrected chi connectivity index (χ3v) is 3.54. The van der Waals surface area contributed by atoms with Crippen molar-refractivity contribution >= 4 is 15.8 Å². The predicted molar refractivity (Wildman–Crippen MR) is 61.4 cm³/mol. The molecule has 0 saturated carbocycles. The molecule has 0 bridgehead atoms. The first-order valence-corrected chi connectivity index (χ1v) is 6.47. The van der Waals surface area contributed by atoms with Crippen molar-refractivity contribution in [1.29, 1.82) is 0 Å². The van der Waals surface area contributed by atoms with Gasteiger partial charge in [0.25, 0.3) is 10.0 Å². The van der Waals surface area contributed by atoms with Gasteiger partial charge >= 0.3 is 0 Å². The maximum absolute atomic E-state index is 13.4. The zero-order valence-electron chi connectivity index (χ0n) is 9.27. The maximum Gasteiger partial charge on any atom is 0.266 e. The number of benzene rings is 1. The normalized spacial score (nSPS) is 11.3. The van der Waals surface area contributed by atoms with Gasteiger partial charge in [-0.1, -0.05) is 6.07 Å². The van der Waals surface area contributed by atoms with Crippen LogP contribution < -0.4 is 4.72 Å². The molecule has 0 radical (unpaired) electrons. The molecule has 100 valence electrons. The lowest BCUT2D eigenvalue weighted by Gasteiger charge is -2.08. The molecule has 2 rings (SSSR count). The standard InChI is InChI=1S/C11H7F3N2O2S/c12-7-4-5-10(15-6-7)16-19(17,18)9-3-1-2-8(13)11(9)14/h1-6H,(H,15,16). The maximum atomic E-state index is 13.4. The number of rotatable bonds is 3. The van der Waals surface area contributed by atoms with Gasteiger partial charge in [0.05, 0.1) is 6.20 Å². The van der Waals surface area contributed by atoms with Crippen LogP contribution in [0.3, 0.4) is 0 Å². The van der Waals surface area contributed by atoms with Gasteiger partial charge in [0, 0.05) is 0 Å². The molecule has 0 spiro atoms.